The SMILES string of the molecule is CC(C)c1ncc([N+](=O)[O-])n1CCN. The van der Waals surface area contributed by atoms with Gasteiger partial charge >= 0.3 is 5.82 Å². The van der Waals surface area contributed by atoms with Crippen LogP contribution in [0.25, 0.3) is 0 Å². The Morgan fingerprint density at radius 2 is 2.36 bits per heavy atom. The van der Waals surface area contributed by atoms with Crippen LogP contribution < -0.4 is 5.73 Å². The zero-order valence-electron chi connectivity index (χ0n) is 8.30. The molecule has 0 saturated heterocycles. The normalized spacial score (nSPS) is 10.9. The minimum absolute atomic E-state index is 0.0131. The molecule has 0 fully saturated rings. The molecule has 14 heavy (non-hydrogen) atoms. The molecule has 0 amide bonds. The lowest BCUT2D eigenvalue weighted by atomic mass is 10.2. The number of hydrogen-bond acceptors (Lipinski definition) is 4. The number of nitrogens with two attached hydrogens (primary N) is 1. The van der Waals surface area contributed by atoms with Crippen LogP contribution in [0.1, 0.15) is 25.6 Å². The number of imidazole rings is 1. The first kappa shape index (κ1) is 10.6. The monoisotopic (exact) mass is 198 g/mol. The summed E-state index contributed by atoms with van der Waals surface area (Å²) in [6, 6.07) is 0. The Morgan fingerprint density at radius 1 is 1.71 bits per heavy atom. The summed E-state index contributed by atoms with van der Waals surface area (Å²) in [5.41, 5.74) is 5.39. The summed E-state index contributed by atoms with van der Waals surface area (Å²) in [7, 11) is 0. The van der Waals surface area contributed by atoms with Gasteiger partial charge in [-0.25, -0.2) is 9.55 Å². The third-order valence-corrected chi connectivity index (χ3v) is 1.92. The van der Waals surface area contributed by atoms with Crippen molar-refractivity contribution in [1.82, 2.24) is 9.55 Å². The van der Waals surface area contributed by atoms with Crippen molar-refractivity contribution in [2.24, 2.45) is 5.73 Å². The maximum Gasteiger partial charge on any atom is 0.342 e. The van der Waals surface area contributed by atoms with E-state index in [1.54, 1.807) is 4.57 Å². The molecule has 6 heteroatoms. The third kappa shape index (κ3) is 1.90. The van der Waals surface area contributed by atoms with Crippen LogP contribution in [-0.4, -0.2) is 21.0 Å². The molecular weight excluding hydrogens is 184 g/mol. The van der Waals surface area contributed by atoms with Gasteiger partial charge in [-0.15, -0.1) is 0 Å². The number of rotatable bonds is 4. The van der Waals surface area contributed by atoms with Gasteiger partial charge in [-0.2, -0.15) is 0 Å². The fourth-order valence-electron chi connectivity index (χ4n) is 1.35. The van der Waals surface area contributed by atoms with Crippen LogP contribution in [0.2, 0.25) is 0 Å². The highest BCUT2D eigenvalue weighted by Crippen LogP contribution is 2.19. The molecule has 0 aliphatic carbocycles. The molecule has 0 bridgehead atoms. The number of nitro groups is 1. The first-order chi connectivity index (χ1) is 6.57. The minimum Gasteiger partial charge on any atom is -0.358 e. The van der Waals surface area contributed by atoms with Crippen molar-refractivity contribution < 1.29 is 4.92 Å². The summed E-state index contributed by atoms with van der Waals surface area (Å²) in [4.78, 5) is 14.2. The second kappa shape index (κ2) is 4.19. The van der Waals surface area contributed by atoms with Gasteiger partial charge in [0.25, 0.3) is 0 Å². The van der Waals surface area contributed by atoms with E-state index in [-0.39, 0.29) is 11.7 Å². The van der Waals surface area contributed by atoms with E-state index in [2.05, 4.69) is 4.98 Å². The van der Waals surface area contributed by atoms with Crippen molar-refractivity contribution >= 4 is 5.82 Å². The first-order valence-electron chi connectivity index (χ1n) is 4.47. The summed E-state index contributed by atoms with van der Waals surface area (Å²) < 4.78 is 1.56. The van der Waals surface area contributed by atoms with Crippen molar-refractivity contribution in [2.75, 3.05) is 6.54 Å². The van der Waals surface area contributed by atoms with Crippen LogP contribution in [0.3, 0.4) is 0 Å². The fourth-order valence-corrected chi connectivity index (χ4v) is 1.35. The van der Waals surface area contributed by atoms with Gasteiger partial charge in [0.15, 0.2) is 5.82 Å². The van der Waals surface area contributed by atoms with E-state index in [4.69, 9.17) is 5.73 Å². The predicted octanol–water partition coefficient (Wildman–Crippen LogP) is 0.873. The average molecular weight is 198 g/mol. The molecule has 2 N–H and O–H groups in total. The van der Waals surface area contributed by atoms with Crippen LogP contribution in [0, 0.1) is 10.1 Å². The quantitative estimate of drug-likeness (QED) is 0.574. The Hall–Kier alpha value is -1.43. The molecule has 0 atom stereocenters. The summed E-state index contributed by atoms with van der Waals surface area (Å²) in [6.07, 6.45) is 1.28. The second-order valence-corrected chi connectivity index (χ2v) is 3.33. The highest BCUT2D eigenvalue weighted by Gasteiger charge is 2.21. The van der Waals surface area contributed by atoms with Gasteiger partial charge in [0.2, 0.25) is 0 Å². The average Bonchev–Trinajstić information content (AvgIpc) is 2.48. The van der Waals surface area contributed by atoms with Gasteiger partial charge in [0.1, 0.15) is 12.7 Å². The largest absolute Gasteiger partial charge is 0.358 e. The van der Waals surface area contributed by atoms with Crippen LogP contribution >= 0.6 is 0 Å². The zero-order chi connectivity index (χ0) is 10.7. The Balaban J connectivity index is 3.13. The van der Waals surface area contributed by atoms with Crippen molar-refractivity contribution in [1.29, 1.82) is 0 Å². The molecule has 1 heterocycles. The molecule has 0 aromatic carbocycles. The van der Waals surface area contributed by atoms with Gasteiger partial charge in [0.05, 0.1) is 0 Å². The van der Waals surface area contributed by atoms with E-state index in [1.807, 2.05) is 13.8 Å². The van der Waals surface area contributed by atoms with Crippen molar-refractivity contribution in [2.45, 2.75) is 26.3 Å². The summed E-state index contributed by atoms with van der Waals surface area (Å²) in [5, 5.41) is 10.6. The molecule has 0 spiro atoms. The summed E-state index contributed by atoms with van der Waals surface area (Å²) in [6.45, 7) is 4.69. The smallest absolute Gasteiger partial charge is 0.342 e. The minimum atomic E-state index is -0.436. The lowest BCUT2D eigenvalue weighted by molar-refractivity contribution is -0.392. The molecule has 0 aliphatic heterocycles. The number of hydrogen-bond donors (Lipinski definition) is 1. The van der Waals surface area contributed by atoms with E-state index in [1.165, 1.54) is 6.20 Å². The number of nitrogens with zero attached hydrogens (tertiary/aromatic N) is 3. The second-order valence-electron chi connectivity index (χ2n) is 3.33. The Labute approximate surface area is 81.9 Å². The third-order valence-electron chi connectivity index (χ3n) is 1.92. The van der Waals surface area contributed by atoms with Crippen molar-refractivity contribution in [3.05, 3.63) is 22.1 Å². The molecule has 1 aromatic heterocycles. The Kier molecular flexibility index (Phi) is 3.19. The van der Waals surface area contributed by atoms with E-state index in [0.717, 1.165) is 0 Å². The van der Waals surface area contributed by atoms with Crippen LogP contribution in [0.15, 0.2) is 6.20 Å². The molecule has 78 valence electrons. The molecule has 1 aromatic rings. The molecule has 0 radical (unpaired) electrons. The Bertz CT molecular complexity index is 332. The van der Waals surface area contributed by atoms with E-state index in [9.17, 15) is 10.1 Å². The molecule has 0 unspecified atom stereocenters. The molecule has 1 rings (SSSR count). The zero-order valence-corrected chi connectivity index (χ0v) is 8.30. The van der Waals surface area contributed by atoms with Crippen LogP contribution in [0.4, 0.5) is 5.82 Å². The lowest BCUT2D eigenvalue weighted by Gasteiger charge is -2.04. The van der Waals surface area contributed by atoms with Crippen molar-refractivity contribution in [3.63, 3.8) is 0 Å². The van der Waals surface area contributed by atoms with E-state index >= 15 is 0 Å². The first-order valence-corrected chi connectivity index (χ1v) is 4.47. The van der Waals surface area contributed by atoms with Crippen LogP contribution in [-0.2, 0) is 6.54 Å². The van der Waals surface area contributed by atoms with Gasteiger partial charge in [-0.3, -0.25) is 0 Å². The molecular formula is C8H14N4O2. The lowest BCUT2D eigenvalue weighted by Crippen LogP contribution is -2.15. The summed E-state index contributed by atoms with van der Waals surface area (Å²) in [5.74, 6) is 0.886. The number of aromatic nitrogens is 2. The van der Waals surface area contributed by atoms with Crippen molar-refractivity contribution in [3.8, 4) is 0 Å². The highest BCUT2D eigenvalue weighted by atomic mass is 16.6. The molecule has 6 nitrogen and oxygen atoms in total. The fraction of sp³-hybridized carbons (Fsp3) is 0.625. The van der Waals surface area contributed by atoms with Crippen LogP contribution in [0.5, 0.6) is 0 Å². The van der Waals surface area contributed by atoms with E-state index < -0.39 is 4.92 Å². The van der Waals surface area contributed by atoms with E-state index in [0.29, 0.717) is 18.9 Å². The molecule has 0 saturated carbocycles. The predicted molar refractivity (Wildman–Crippen MR) is 52.0 cm³/mol. The van der Waals surface area contributed by atoms with Gasteiger partial charge in [-0.05, 0) is 4.92 Å². The highest BCUT2D eigenvalue weighted by molar-refractivity contribution is 5.20. The molecule has 0 aliphatic rings. The van der Waals surface area contributed by atoms with Gasteiger partial charge in [-0.1, -0.05) is 13.8 Å². The van der Waals surface area contributed by atoms with Gasteiger partial charge < -0.3 is 15.8 Å². The summed E-state index contributed by atoms with van der Waals surface area (Å²) >= 11 is 0. The maximum absolute atomic E-state index is 10.6. The Morgan fingerprint density at radius 3 is 2.79 bits per heavy atom. The van der Waals surface area contributed by atoms with Gasteiger partial charge in [0, 0.05) is 12.5 Å². The topological polar surface area (TPSA) is 87.0 Å². The maximum atomic E-state index is 10.6. The standard InChI is InChI=1S/C8H14N4O2/c1-6(2)8-10-5-7(12(13)14)11(8)4-3-9/h5-6H,3-4,9H2,1-2H3.